The molecule has 0 nitrogen and oxygen atoms in total. The first-order chi connectivity index (χ1) is 33.2. The van der Waals surface area contributed by atoms with E-state index < -0.39 is 0 Å². The Kier molecular flexibility index (Phi) is 10.6. The minimum absolute atomic E-state index is 0.00799. The summed E-state index contributed by atoms with van der Waals surface area (Å²) < 4.78 is 0. The maximum Gasteiger partial charge on any atom is -0.00261 e. The van der Waals surface area contributed by atoms with E-state index in [0.29, 0.717) is 0 Å². The molecule has 0 bridgehead atoms. The highest BCUT2D eigenvalue weighted by Crippen LogP contribution is 2.49. The van der Waals surface area contributed by atoms with Crippen LogP contribution in [0.25, 0.3) is 109 Å². The van der Waals surface area contributed by atoms with Gasteiger partial charge in [-0.1, -0.05) is 253 Å². The second-order valence-corrected chi connectivity index (χ2v) is 24.2. The van der Waals surface area contributed by atoms with Gasteiger partial charge in [-0.25, -0.2) is 0 Å². The van der Waals surface area contributed by atoms with Crippen LogP contribution in [-0.4, -0.2) is 0 Å². The average molecular weight is 907 g/mol. The topological polar surface area (TPSA) is 0 Å². The fourth-order valence-electron chi connectivity index (χ4n) is 11.1. The first kappa shape index (κ1) is 45.4. The summed E-state index contributed by atoms with van der Waals surface area (Å²) in [7, 11) is 0. The van der Waals surface area contributed by atoms with Crippen molar-refractivity contribution in [3.8, 4) is 44.5 Å². The quantitative estimate of drug-likeness (QED) is 0.122. The average Bonchev–Trinajstić information content (AvgIpc) is 3.33. The molecule has 0 unspecified atom stereocenters. The molecule has 0 amide bonds. The lowest BCUT2D eigenvalue weighted by atomic mass is 9.77. The zero-order chi connectivity index (χ0) is 49.1. The lowest BCUT2D eigenvalue weighted by Gasteiger charge is -2.27. The van der Waals surface area contributed by atoms with Crippen LogP contribution in [0.1, 0.15) is 105 Å². The van der Waals surface area contributed by atoms with E-state index in [1.54, 1.807) is 0 Å². The number of benzene rings is 11. The maximum absolute atomic E-state index is 2.47. The lowest BCUT2D eigenvalue weighted by Crippen LogP contribution is -2.16. The van der Waals surface area contributed by atoms with Crippen molar-refractivity contribution in [1.29, 1.82) is 0 Å². The largest absolute Gasteiger partial charge is 0.0616 e. The maximum atomic E-state index is 2.47. The number of rotatable bonds is 4. The molecule has 0 aliphatic heterocycles. The van der Waals surface area contributed by atoms with Gasteiger partial charge < -0.3 is 0 Å². The van der Waals surface area contributed by atoms with Gasteiger partial charge in [0.15, 0.2) is 0 Å². The van der Waals surface area contributed by atoms with Crippen LogP contribution in [0.3, 0.4) is 0 Å². The summed E-state index contributed by atoms with van der Waals surface area (Å²) in [5.74, 6) is 0. The monoisotopic (exact) mass is 907 g/mol. The zero-order valence-corrected chi connectivity index (χ0v) is 43.3. The third-order valence-corrected chi connectivity index (χ3v) is 15.2. The van der Waals surface area contributed by atoms with Crippen LogP contribution in [-0.2, 0) is 21.7 Å². The van der Waals surface area contributed by atoms with Gasteiger partial charge in [-0.05, 0) is 165 Å². The van der Waals surface area contributed by atoms with Crippen molar-refractivity contribution in [1.82, 2.24) is 0 Å². The molecule has 0 atom stereocenters. The summed E-state index contributed by atoms with van der Waals surface area (Å²) in [4.78, 5) is 0. The Morgan fingerprint density at radius 2 is 0.414 bits per heavy atom. The summed E-state index contributed by atoms with van der Waals surface area (Å²) in [6.07, 6.45) is 0. The van der Waals surface area contributed by atoms with E-state index in [4.69, 9.17) is 0 Å². The van der Waals surface area contributed by atoms with Crippen LogP contribution in [0.4, 0.5) is 0 Å². The molecule has 0 heteroatoms. The molecule has 0 N–H and O–H groups in total. The SMILES string of the molecule is CC(C)(C)c1cc(-c2c3ccccc3c(-c3ccc4ccc5ccc(-c6c7ccccc7c(-c7cc(C(C)(C)C)cc(C(C)(C)C)c7)c7ccccc67)cc5c4c3)c3ccccc23)cc(C(C)(C)C)c1. The van der Waals surface area contributed by atoms with E-state index in [9.17, 15) is 0 Å². The minimum Gasteiger partial charge on any atom is -0.0616 e. The molecule has 70 heavy (non-hydrogen) atoms. The normalized spacial score (nSPS) is 12.9. The van der Waals surface area contributed by atoms with Gasteiger partial charge in [0.25, 0.3) is 0 Å². The van der Waals surface area contributed by atoms with Gasteiger partial charge in [-0.3, -0.25) is 0 Å². The van der Waals surface area contributed by atoms with Crippen molar-refractivity contribution < 1.29 is 0 Å². The molecule has 11 rings (SSSR count). The van der Waals surface area contributed by atoms with Crippen LogP contribution in [0.15, 0.2) is 182 Å². The van der Waals surface area contributed by atoms with Gasteiger partial charge in [-0.2, -0.15) is 0 Å². The van der Waals surface area contributed by atoms with Crippen molar-refractivity contribution in [2.45, 2.75) is 105 Å². The van der Waals surface area contributed by atoms with Crippen molar-refractivity contribution >= 4 is 64.6 Å². The molecule has 0 spiro atoms. The highest BCUT2D eigenvalue weighted by Gasteiger charge is 2.26. The van der Waals surface area contributed by atoms with Crippen LogP contribution in [0.5, 0.6) is 0 Å². The van der Waals surface area contributed by atoms with E-state index in [-0.39, 0.29) is 21.7 Å². The Morgan fingerprint density at radius 1 is 0.200 bits per heavy atom. The molecule has 0 heterocycles. The molecule has 11 aromatic rings. The third kappa shape index (κ3) is 7.77. The Morgan fingerprint density at radius 3 is 0.643 bits per heavy atom. The highest BCUT2D eigenvalue weighted by atomic mass is 14.3. The van der Waals surface area contributed by atoms with Crippen LogP contribution in [0, 0.1) is 0 Å². The Balaban J connectivity index is 1.14. The molecule has 0 radical (unpaired) electrons. The third-order valence-electron chi connectivity index (χ3n) is 15.2. The minimum atomic E-state index is 0.00799. The molecule has 0 fully saturated rings. The molecule has 0 saturated heterocycles. The lowest BCUT2D eigenvalue weighted by molar-refractivity contribution is 0.568. The number of fused-ring (bicyclic) bond motifs is 7. The predicted octanol–water partition coefficient (Wildman–Crippen LogP) is 20.5. The zero-order valence-electron chi connectivity index (χ0n) is 43.3. The van der Waals surface area contributed by atoms with E-state index in [0.717, 1.165) is 0 Å². The van der Waals surface area contributed by atoms with Gasteiger partial charge >= 0.3 is 0 Å². The number of hydrogen-bond donors (Lipinski definition) is 0. The second-order valence-electron chi connectivity index (χ2n) is 24.2. The van der Waals surface area contributed by atoms with Gasteiger partial charge in [0.1, 0.15) is 0 Å². The summed E-state index contributed by atoms with van der Waals surface area (Å²) >= 11 is 0. The molecule has 0 saturated carbocycles. The summed E-state index contributed by atoms with van der Waals surface area (Å²) in [6.45, 7) is 28.0. The van der Waals surface area contributed by atoms with E-state index >= 15 is 0 Å². The summed E-state index contributed by atoms with van der Waals surface area (Å²) in [6, 6.07) is 70.0. The van der Waals surface area contributed by atoms with E-state index in [1.807, 2.05) is 0 Å². The molecule has 0 aliphatic rings. The second kappa shape index (κ2) is 16.3. The van der Waals surface area contributed by atoms with Crippen LogP contribution < -0.4 is 0 Å². The van der Waals surface area contributed by atoms with Gasteiger partial charge in [0.05, 0.1) is 0 Å². The predicted molar refractivity (Wildman–Crippen MR) is 308 cm³/mol. The van der Waals surface area contributed by atoms with Crippen molar-refractivity contribution in [3.63, 3.8) is 0 Å². The summed E-state index contributed by atoms with van der Waals surface area (Å²) in [5, 5.41) is 15.2. The molecule has 11 aromatic carbocycles. The van der Waals surface area contributed by atoms with Gasteiger partial charge in [0.2, 0.25) is 0 Å². The Bertz CT molecular complexity index is 3470. The molecule has 346 valence electrons. The fraction of sp³-hybridized carbons (Fsp3) is 0.229. The molecular weight excluding hydrogens is 841 g/mol. The standard InChI is InChI=1S/C70H66/c1-67(2,3)49-35-47(36-50(41-49)68(4,5)6)65-57-25-17-13-21-53(57)63(54-22-14-18-26-58(54)65)45-33-31-43-29-30-44-32-34-46(40-62(44)61(43)39-45)64-55-23-15-19-27-59(55)66(60-28-20-16-24-56(60)64)48-37-51(69(7,8)9)42-52(38-48)70(10,11)12/h13-42H,1-12H3. The van der Waals surface area contributed by atoms with E-state index in [1.165, 1.54) is 131 Å². The van der Waals surface area contributed by atoms with Crippen molar-refractivity contribution in [2.24, 2.45) is 0 Å². The van der Waals surface area contributed by atoms with Gasteiger partial charge in [-0.15, -0.1) is 0 Å². The number of hydrogen-bond acceptors (Lipinski definition) is 0. The smallest absolute Gasteiger partial charge is 0.00261 e. The molecule has 0 aliphatic carbocycles. The van der Waals surface area contributed by atoms with Crippen LogP contribution in [0.2, 0.25) is 0 Å². The fourth-order valence-corrected chi connectivity index (χ4v) is 11.1. The van der Waals surface area contributed by atoms with E-state index in [2.05, 4.69) is 265 Å². The first-order valence-corrected chi connectivity index (χ1v) is 25.4. The highest BCUT2D eigenvalue weighted by molar-refractivity contribution is 6.24. The van der Waals surface area contributed by atoms with Crippen LogP contribution >= 0.6 is 0 Å². The Hall–Kier alpha value is -7.02. The summed E-state index contributed by atoms with van der Waals surface area (Å²) in [5.41, 5.74) is 15.7. The molecular formula is C70H66. The van der Waals surface area contributed by atoms with Gasteiger partial charge in [0, 0.05) is 0 Å². The first-order valence-electron chi connectivity index (χ1n) is 25.4. The molecule has 0 aromatic heterocycles. The van der Waals surface area contributed by atoms with Crippen molar-refractivity contribution in [3.05, 3.63) is 204 Å². The van der Waals surface area contributed by atoms with Crippen molar-refractivity contribution in [2.75, 3.05) is 0 Å². The Labute approximate surface area is 416 Å².